The highest BCUT2D eigenvalue weighted by Gasteiger charge is 2.29. The largest absolute Gasteiger partial charge is 0.394 e. The highest BCUT2D eigenvalue weighted by atomic mass is 32.1. The Balaban J connectivity index is 2.97. The maximum absolute atomic E-state index is 12.9. The van der Waals surface area contributed by atoms with E-state index in [1.54, 1.807) is 30.3 Å². The third-order valence-electron chi connectivity index (χ3n) is 4.19. The summed E-state index contributed by atoms with van der Waals surface area (Å²) in [7, 11) is 0. The predicted octanol–water partition coefficient (Wildman–Crippen LogP) is -3.83. The van der Waals surface area contributed by atoms with Gasteiger partial charge in [0.15, 0.2) is 0 Å². The highest BCUT2D eigenvalue weighted by Crippen LogP contribution is 2.05. The number of aliphatic hydroxyl groups is 1. The summed E-state index contributed by atoms with van der Waals surface area (Å²) >= 11 is 4.04. The molecule has 0 bridgehead atoms. The molecule has 5 amide bonds. The third-order valence-corrected chi connectivity index (χ3v) is 4.55. The molecule has 0 radical (unpaired) electrons. The van der Waals surface area contributed by atoms with E-state index in [-0.39, 0.29) is 18.7 Å². The summed E-state index contributed by atoms with van der Waals surface area (Å²) in [5.74, 6) is -3.71. The number of hydrogen-bond donors (Lipinski definition) is 8. The van der Waals surface area contributed by atoms with Crippen LogP contribution < -0.4 is 32.7 Å². The molecule has 0 unspecified atom stereocenters. The van der Waals surface area contributed by atoms with Crippen LogP contribution in [0.1, 0.15) is 5.56 Å². The van der Waals surface area contributed by atoms with Crippen LogP contribution in [0.3, 0.4) is 0 Å². The Bertz CT molecular complexity index is 809. The topological polar surface area (TPSA) is 206 Å². The van der Waals surface area contributed by atoms with E-state index < -0.39 is 60.8 Å². The van der Waals surface area contributed by atoms with Gasteiger partial charge in [0.05, 0.1) is 19.7 Å². The van der Waals surface area contributed by atoms with Gasteiger partial charge in [-0.3, -0.25) is 24.0 Å². The van der Waals surface area contributed by atoms with Crippen LogP contribution in [-0.2, 0) is 30.4 Å². The summed E-state index contributed by atoms with van der Waals surface area (Å²) in [6.07, 6.45) is 0.0591. The second-order valence-electron chi connectivity index (χ2n) is 6.69. The third kappa shape index (κ3) is 9.32. The van der Waals surface area contributed by atoms with Crippen LogP contribution in [0.4, 0.5) is 0 Å². The molecule has 13 heteroatoms. The lowest BCUT2D eigenvalue weighted by Crippen LogP contribution is -2.58. The first kappa shape index (κ1) is 26.9. The van der Waals surface area contributed by atoms with Crippen LogP contribution in [0, 0.1) is 0 Å². The van der Waals surface area contributed by atoms with Gasteiger partial charge in [0.2, 0.25) is 29.5 Å². The van der Waals surface area contributed by atoms with Crippen LogP contribution in [0.2, 0.25) is 0 Å². The minimum Gasteiger partial charge on any atom is -0.394 e. The van der Waals surface area contributed by atoms with Crippen LogP contribution in [0.5, 0.6) is 0 Å². The van der Waals surface area contributed by atoms with E-state index in [1.807, 2.05) is 0 Å². The minimum absolute atomic E-state index is 0.0591. The van der Waals surface area contributed by atoms with E-state index in [4.69, 9.17) is 11.5 Å². The molecule has 176 valence electrons. The van der Waals surface area contributed by atoms with Gasteiger partial charge in [-0.2, -0.15) is 12.6 Å². The van der Waals surface area contributed by atoms with Gasteiger partial charge in [0, 0.05) is 12.2 Å². The van der Waals surface area contributed by atoms with Gasteiger partial charge < -0.3 is 37.8 Å². The van der Waals surface area contributed by atoms with Crippen molar-refractivity contribution >= 4 is 42.2 Å². The fourth-order valence-corrected chi connectivity index (χ4v) is 2.80. The molecule has 1 rings (SSSR count). The Morgan fingerprint density at radius 2 is 1.50 bits per heavy atom. The van der Waals surface area contributed by atoms with Crippen molar-refractivity contribution in [2.75, 3.05) is 25.4 Å². The number of nitrogens with two attached hydrogens (primary N) is 2. The molecular formula is C19H28N6O6S. The zero-order valence-electron chi connectivity index (χ0n) is 17.2. The Morgan fingerprint density at radius 3 is 2.03 bits per heavy atom. The maximum atomic E-state index is 12.9. The molecule has 0 aliphatic rings. The molecular weight excluding hydrogens is 440 g/mol. The fourth-order valence-electron chi connectivity index (χ4n) is 2.54. The number of carbonyl (C=O) groups is 5. The monoisotopic (exact) mass is 468 g/mol. The average molecular weight is 469 g/mol. The average Bonchev–Trinajstić information content (AvgIpc) is 2.78. The minimum atomic E-state index is -1.32. The molecule has 0 spiro atoms. The van der Waals surface area contributed by atoms with E-state index in [2.05, 4.69) is 33.9 Å². The number of carbonyl (C=O) groups excluding carboxylic acids is 5. The van der Waals surface area contributed by atoms with E-state index in [9.17, 15) is 29.1 Å². The van der Waals surface area contributed by atoms with Gasteiger partial charge in [0.25, 0.3) is 0 Å². The summed E-state index contributed by atoms with van der Waals surface area (Å²) in [5.41, 5.74) is 10.9. The number of amides is 5. The standard InChI is InChI=1S/C19H28N6O6S/c20-7-16(28)23-13(9-26)19(31)24-12(6-11-4-2-1-3-5-11)18(30)25-14(10-32)17(29)22-8-15(21)27/h1-5,12-14,26,32H,6-10,20H2,(H2,21,27)(H,22,29)(H,23,28)(H,24,31)(H,25,30)/t12-,13-,14-/m0/s1. The molecule has 0 aliphatic heterocycles. The van der Waals surface area contributed by atoms with Gasteiger partial charge in [-0.1, -0.05) is 30.3 Å². The van der Waals surface area contributed by atoms with Crippen LogP contribution in [0.15, 0.2) is 30.3 Å². The molecule has 1 aromatic rings. The van der Waals surface area contributed by atoms with Gasteiger partial charge in [-0.05, 0) is 5.56 Å². The van der Waals surface area contributed by atoms with Crippen LogP contribution >= 0.6 is 12.6 Å². The molecule has 0 saturated heterocycles. The number of thiol groups is 1. The van der Waals surface area contributed by atoms with Crippen molar-refractivity contribution in [2.24, 2.45) is 11.5 Å². The van der Waals surface area contributed by atoms with Gasteiger partial charge in [0.1, 0.15) is 18.1 Å². The van der Waals surface area contributed by atoms with E-state index >= 15 is 0 Å². The second kappa shape index (κ2) is 14.0. The molecule has 0 fully saturated rings. The summed E-state index contributed by atoms with van der Waals surface area (Å²) in [6, 6.07) is 5.17. The molecule has 12 nitrogen and oxygen atoms in total. The van der Waals surface area contributed by atoms with E-state index in [0.29, 0.717) is 5.56 Å². The first-order valence-corrected chi connectivity index (χ1v) is 10.3. The van der Waals surface area contributed by atoms with Crippen molar-refractivity contribution < 1.29 is 29.1 Å². The zero-order valence-corrected chi connectivity index (χ0v) is 18.1. The molecule has 0 aliphatic carbocycles. The van der Waals surface area contributed by atoms with Crippen molar-refractivity contribution in [3.63, 3.8) is 0 Å². The summed E-state index contributed by atoms with van der Waals surface area (Å²) < 4.78 is 0. The maximum Gasteiger partial charge on any atom is 0.245 e. The molecule has 0 aromatic heterocycles. The lowest BCUT2D eigenvalue weighted by molar-refractivity contribution is -0.134. The smallest absolute Gasteiger partial charge is 0.245 e. The summed E-state index contributed by atoms with van der Waals surface area (Å²) in [6.45, 7) is -1.52. The molecule has 9 N–H and O–H groups in total. The normalized spacial score (nSPS) is 13.2. The zero-order chi connectivity index (χ0) is 24.1. The van der Waals surface area contributed by atoms with Gasteiger partial charge in [-0.15, -0.1) is 0 Å². The van der Waals surface area contributed by atoms with Crippen molar-refractivity contribution in [3.8, 4) is 0 Å². The molecule has 0 heterocycles. The number of rotatable bonds is 13. The van der Waals surface area contributed by atoms with Crippen molar-refractivity contribution in [3.05, 3.63) is 35.9 Å². The highest BCUT2D eigenvalue weighted by molar-refractivity contribution is 7.80. The van der Waals surface area contributed by atoms with E-state index in [1.165, 1.54) is 0 Å². The quantitative estimate of drug-likeness (QED) is 0.135. The number of benzene rings is 1. The lowest BCUT2D eigenvalue weighted by Gasteiger charge is -2.24. The predicted molar refractivity (Wildman–Crippen MR) is 118 cm³/mol. The lowest BCUT2D eigenvalue weighted by atomic mass is 10.0. The molecule has 0 saturated carbocycles. The van der Waals surface area contributed by atoms with Crippen LogP contribution in [-0.4, -0.2) is 78.2 Å². The van der Waals surface area contributed by atoms with Gasteiger partial charge in [-0.25, -0.2) is 0 Å². The van der Waals surface area contributed by atoms with Crippen LogP contribution in [0.25, 0.3) is 0 Å². The van der Waals surface area contributed by atoms with Gasteiger partial charge >= 0.3 is 0 Å². The SMILES string of the molecule is NCC(=O)N[C@@H](CO)C(=O)N[C@@H](Cc1ccccc1)C(=O)N[C@@H](CS)C(=O)NCC(N)=O. The van der Waals surface area contributed by atoms with Crippen molar-refractivity contribution in [1.82, 2.24) is 21.3 Å². The Labute approximate surface area is 190 Å². The molecule has 3 atom stereocenters. The Morgan fingerprint density at radius 1 is 0.906 bits per heavy atom. The van der Waals surface area contributed by atoms with Crippen molar-refractivity contribution in [2.45, 2.75) is 24.5 Å². The Hall–Kier alpha value is -3.16. The first-order valence-electron chi connectivity index (χ1n) is 9.63. The number of hydrogen-bond acceptors (Lipinski definition) is 8. The molecule has 1 aromatic carbocycles. The second-order valence-corrected chi connectivity index (χ2v) is 7.05. The van der Waals surface area contributed by atoms with E-state index in [0.717, 1.165) is 0 Å². The molecule has 32 heavy (non-hydrogen) atoms. The fraction of sp³-hybridized carbons (Fsp3) is 0.421. The number of primary amides is 1. The Kier molecular flexibility index (Phi) is 11.8. The summed E-state index contributed by atoms with van der Waals surface area (Å²) in [4.78, 5) is 59.9. The summed E-state index contributed by atoms with van der Waals surface area (Å²) in [5, 5.41) is 18.9. The van der Waals surface area contributed by atoms with Crippen molar-refractivity contribution in [1.29, 1.82) is 0 Å². The first-order chi connectivity index (χ1) is 15.2. The number of aliphatic hydroxyl groups excluding tert-OH is 1. The number of nitrogens with one attached hydrogen (secondary N) is 4.